The molecule has 0 aliphatic carbocycles. The van der Waals surface area contributed by atoms with E-state index in [1.807, 2.05) is 24.4 Å². The Balaban J connectivity index is 1.41. The summed E-state index contributed by atoms with van der Waals surface area (Å²) in [5, 5.41) is 4.10. The van der Waals surface area contributed by atoms with Crippen LogP contribution in [0.2, 0.25) is 0 Å². The minimum atomic E-state index is -0.939. The van der Waals surface area contributed by atoms with Gasteiger partial charge >= 0.3 is 0 Å². The number of likely N-dealkylation sites (tertiary alicyclic amines) is 1. The summed E-state index contributed by atoms with van der Waals surface area (Å²) < 4.78 is 28.7. The van der Waals surface area contributed by atoms with Crippen LogP contribution in [0, 0.1) is 11.6 Å². The molecule has 4 rings (SSSR count). The van der Waals surface area contributed by atoms with Crippen LogP contribution in [0.4, 0.5) is 8.78 Å². The summed E-state index contributed by atoms with van der Waals surface area (Å²) in [5.41, 5.74) is 3.53. The molecule has 3 heterocycles. The van der Waals surface area contributed by atoms with E-state index in [0.29, 0.717) is 35.9 Å². The molecule has 0 spiro atoms. The first-order chi connectivity index (χ1) is 16.4. The molecule has 1 aliphatic rings. The van der Waals surface area contributed by atoms with E-state index in [4.69, 9.17) is 4.84 Å². The molecule has 178 valence electrons. The van der Waals surface area contributed by atoms with Crippen LogP contribution in [-0.2, 0) is 18.4 Å². The molecule has 1 aliphatic heterocycles. The second-order valence-corrected chi connectivity index (χ2v) is 8.48. The number of rotatable bonds is 7. The van der Waals surface area contributed by atoms with Crippen molar-refractivity contribution in [3.8, 4) is 0 Å². The topological polar surface area (TPSA) is 59.7 Å². The first kappa shape index (κ1) is 23.8. The molecule has 0 unspecified atom stereocenters. The van der Waals surface area contributed by atoms with Crippen LogP contribution in [0.25, 0.3) is 0 Å². The molecule has 0 atom stereocenters. The largest absolute Gasteiger partial charge is 0.396 e. The number of nitrogens with zero attached hydrogens (tertiary/aromatic N) is 4. The Morgan fingerprint density at radius 1 is 1.09 bits per heavy atom. The summed E-state index contributed by atoms with van der Waals surface area (Å²) >= 11 is 0. The van der Waals surface area contributed by atoms with Crippen LogP contribution in [-0.4, -0.2) is 39.9 Å². The molecule has 6 nitrogen and oxygen atoms in total. The van der Waals surface area contributed by atoms with E-state index in [1.165, 1.54) is 6.07 Å². The highest BCUT2D eigenvalue weighted by molar-refractivity contribution is 6.12. The third-order valence-electron chi connectivity index (χ3n) is 6.15. The minimum absolute atomic E-state index is 0.0276. The minimum Gasteiger partial charge on any atom is -0.396 e. The average molecular weight is 467 g/mol. The highest BCUT2D eigenvalue weighted by atomic mass is 19.2. The third kappa shape index (κ3) is 5.56. The van der Waals surface area contributed by atoms with Gasteiger partial charge < -0.3 is 9.40 Å². The molecule has 34 heavy (non-hydrogen) atoms. The fraction of sp³-hybridized carbons (Fsp3) is 0.346. The lowest BCUT2D eigenvalue weighted by molar-refractivity contribution is 0.159. The fourth-order valence-corrected chi connectivity index (χ4v) is 4.17. The van der Waals surface area contributed by atoms with Gasteiger partial charge in [0.2, 0.25) is 0 Å². The number of oxime groups is 1. The van der Waals surface area contributed by atoms with Crippen molar-refractivity contribution in [1.82, 2.24) is 14.5 Å². The van der Waals surface area contributed by atoms with Crippen molar-refractivity contribution in [2.75, 3.05) is 19.7 Å². The lowest BCUT2D eigenvalue weighted by Gasteiger charge is -2.32. The zero-order valence-electron chi connectivity index (χ0n) is 19.4. The number of benzene rings is 1. The summed E-state index contributed by atoms with van der Waals surface area (Å²) in [6.07, 6.45) is 5.50. The van der Waals surface area contributed by atoms with E-state index in [1.54, 1.807) is 30.8 Å². The Hall–Kier alpha value is -3.39. The first-order valence-corrected chi connectivity index (χ1v) is 11.4. The van der Waals surface area contributed by atoms with Crippen molar-refractivity contribution in [1.29, 1.82) is 0 Å². The summed E-state index contributed by atoms with van der Waals surface area (Å²) in [4.78, 5) is 24.1. The van der Waals surface area contributed by atoms with Crippen molar-refractivity contribution in [2.24, 2.45) is 12.2 Å². The Labute approximate surface area is 197 Å². The van der Waals surface area contributed by atoms with Gasteiger partial charge in [-0.15, -0.1) is 0 Å². The van der Waals surface area contributed by atoms with Crippen LogP contribution in [0.15, 0.2) is 64.8 Å². The van der Waals surface area contributed by atoms with E-state index in [9.17, 15) is 13.6 Å². The SMILES string of the molecule is CCO/N=C(/c1ccc(CN2CCC(c3ccn(C)c(=O)c3)CC2)nc1)c1ccc(F)c(F)c1. The van der Waals surface area contributed by atoms with Gasteiger partial charge in [0.05, 0.1) is 5.69 Å². The van der Waals surface area contributed by atoms with Gasteiger partial charge in [-0.1, -0.05) is 5.16 Å². The average Bonchev–Trinajstić information content (AvgIpc) is 2.85. The van der Waals surface area contributed by atoms with E-state index in [0.717, 1.165) is 49.3 Å². The molecule has 1 saturated heterocycles. The van der Waals surface area contributed by atoms with Gasteiger partial charge in [-0.2, -0.15) is 0 Å². The van der Waals surface area contributed by atoms with Crippen molar-refractivity contribution in [3.05, 3.63) is 99.2 Å². The van der Waals surface area contributed by atoms with Crippen LogP contribution >= 0.6 is 0 Å². The van der Waals surface area contributed by atoms with Gasteiger partial charge in [0, 0.05) is 43.2 Å². The molecular weight excluding hydrogens is 438 g/mol. The van der Waals surface area contributed by atoms with Crippen molar-refractivity contribution >= 4 is 5.71 Å². The predicted octanol–water partition coefficient (Wildman–Crippen LogP) is 4.23. The molecular formula is C26H28F2N4O2. The molecule has 0 N–H and O–H groups in total. The maximum atomic E-state index is 13.8. The van der Waals surface area contributed by atoms with Gasteiger partial charge in [0.1, 0.15) is 12.3 Å². The second-order valence-electron chi connectivity index (χ2n) is 8.48. The van der Waals surface area contributed by atoms with Gasteiger partial charge in [0.25, 0.3) is 5.56 Å². The maximum Gasteiger partial charge on any atom is 0.250 e. The lowest BCUT2D eigenvalue weighted by atomic mass is 9.90. The van der Waals surface area contributed by atoms with Gasteiger partial charge in [-0.05, 0) is 80.7 Å². The highest BCUT2D eigenvalue weighted by Gasteiger charge is 2.21. The van der Waals surface area contributed by atoms with E-state index in [2.05, 4.69) is 15.0 Å². The number of halogens is 2. The molecule has 8 heteroatoms. The zero-order valence-corrected chi connectivity index (χ0v) is 19.4. The van der Waals surface area contributed by atoms with E-state index >= 15 is 0 Å². The summed E-state index contributed by atoms with van der Waals surface area (Å²) in [6.45, 7) is 4.72. The second kappa shape index (κ2) is 10.7. The summed E-state index contributed by atoms with van der Waals surface area (Å²) in [5.74, 6) is -1.45. The smallest absolute Gasteiger partial charge is 0.250 e. The highest BCUT2D eigenvalue weighted by Crippen LogP contribution is 2.27. The molecule has 0 saturated carbocycles. The zero-order chi connectivity index (χ0) is 24.1. The van der Waals surface area contributed by atoms with E-state index in [-0.39, 0.29) is 5.56 Å². The molecule has 0 radical (unpaired) electrons. The standard InChI is InChI=1S/C26H28F2N4O2/c1-3-34-30-26(20-5-7-23(27)24(28)14-20)21-4-6-22(29-16-21)17-32-12-9-18(10-13-32)19-8-11-31(2)25(33)15-19/h4-8,11,14-16,18H,3,9-10,12-13,17H2,1-2H3/b30-26+. The van der Waals surface area contributed by atoms with Crippen LogP contribution in [0.1, 0.15) is 48.1 Å². The Morgan fingerprint density at radius 2 is 1.85 bits per heavy atom. The van der Waals surface area contributed by atoms with Crippen LogP contribution in [0.5, 0.6) is 0 Å². The van der Waals surface area contributed by atoms with Gasteiger partial charge in [-0.25, -0.2) is 8.78 Å². The maximum absolute atomic E-state index is 13.8. The predicted molar refractivity (Wildman–Crippen MR) is 127 cm³/mol. The summed E-state index contributed by atoms with van der Waals surface area (Å²) in [6, 6.07) is 11.2. The van der Waals surface area contributed by atoms with Crippen LogP contribution in [0.3, 0.4) is 0 Å². The molecule has 2 aromatic heterocycles. The number of aryl methyl sites for hydroxylation is 1. The van der Waals surface area contributed by atoms with Crippen molar-refractivity contribution < 1.29 is 13.6 Å². The monoisotopic (exact) mass is 466 g/mol. The molecule has 1 fully saturated rings. The Kier molecular flexibility index (Phi) is 7.47. The fourth-order valence-electron chi connectivity index (χ4n) is 4.17. The summed E-state index contributed by atoms with van der Waals surface area (Å²) in [7, 11) is 1.76. The lowest BCUT2D eigenvalue weighted by Crippen LogP contribution is -2.33. The van der Waals surface area contributed by atoms with E-state index < -0.39 is 11.6 Å². The van der Waals surface area contributed by atoms with Crippen LogP contribution < -0.4 is 5.56 Å². The van der Waals surface area contributed by atoms with Gasteiger partial charge in [0.15, 0.2) is 11.6 Å². The normalized spacial score (nSPS) is 15.5. The molecule has 3 aromatic rings. The number of hydrogen-bond donors (Lipinski definition) is 0. The Morgan fingerprint density at radius 3 is 2.50 bits per heavy atom. The van der Waals surface area contributed by atoms with Gasteiger partial charge in [-0.3, -0.25) is 14.7 Å². The third-order valence-corrected chi connectivity index (χ3v) is 6.15. The Bertz CT molecular complexity index is 1220. The first-order valence-electron chi connectivity index (χ1n) is 11.4. The molecule has 1 aromatic carbocycles. The molecule has 0 amide bonds. The number of piperidine rings is 1. The van der Waals surface area contributed by atoms with Crippen molar-refractivity contribution in [2.45, 2.75) is 32.2 Å². The van der Waals surface area contributed by atoms with Crippen molar-refractivity contribution in [3.63, 3.8) is 0 Å². The number of aromatic nitrogens is 2. The number of hydrogen-bond acceptors (Lipinski definition) is 5. The quantitative estimate of drug-likeness (QED) is 0.386. The number of pyridine rings is 2. The molecule has 0 bridgehead atoms.